The third-order valence-corrected chi connectivity index (χ3v) is 0.658. The maximum atomic E-state index is 10.0. The van der Waals surface area contributed by atoms with Crippen molar-refractivity contribution in [2.45, 2.75) is 0 Å². The fraction of sp³-hybridized carbons (Fsp3) is 0. The van der Waals surface area contributed by atoms with Crippen molar-refractivity contribution in [3.8, 4) is 0 Å². The summed E-state index contributed by atoms with van der Waals surface area (Å²) in [6.45, 7) is 0. The van der Waals surface area contributed by atoms with Crippen LogP contribution < -0.4 is 0 Å². The molecule has 0 saturated heterocycles. The maximum absolute atomic E-state index is 10.0. The summed E-state index contributed by atoms with van der Waals surface area (Å²) in [5.41, 5.74) is 15.6. The quantitative estimate of drug-likeness (QED) is 0.200. The largest absolute Gasteiger partial charge is 0.491 e. The Kier molecular flexibility index (Phi) is 4.47. The lowest BCUT2D eigenvalue weighted by atomic mass is 12.2. The van der Waals surface area contributed by atoms with Gasteiger partial charge in [-0.25, -0.2) is 0 Å². The van der Waals surface area contributed by atoms with Crippen LogP contribution in [0.4, 0.5) is 0 Å². The number of azide groups is 2. The smallest absolute Gasteiger partial charge is 0.319 e. The molecule has 80 valence electrons. The van der Waals surface area contributed by atoms with E-state index in [1.165, 1.54) is 0 Å². The van der Waals surface area contributed by atoms with E-state index in [9.17, 15) is 20.2 Å². The minimum absolute atomic E-state index is 0.711. The second-order valence-corrected chi connectivity index (χ2v) is 1.42. The average molecular weight is 220 g/mol. The highest BCUT2D eigenvalue weighted by Crippen LogP contribution is 2.00. The first-order valence-corrected chi connectivity index (χ1v) is 2.70. The molecule has 0 saturated carbocycles. The summed E-state index contributed by atoms with van der Waals surface area (Å²) in [5, 5.41) is 20.3. The zero-order valence-corrected chi connectivity index (χ0v) is 6.51. The zero-order valence-electron chi connectivity index (χ0n) is 6.51. The number of hydrazine groups is 2. The second-order valence-electron chi connectivity index (χ2n) is 1.42. The molecule has 0 heterocycles. The van der Waals surface area contributed by atoms with Crippen molar-refractivity contribution in [1.29, 1.82) is 0 Å². The Morgan fingerprint density at radius 3 is 1.60 bits per heavy atom. The van der Waals surface area contributed by atoms with Crippen LogP contribution in [-0.2, 0) is 4.94 Å². The SMILES string of the molecule is [N-]=[N+]=NN(ON(N=[N+]=[N-])[N+](=O)[O-])[N+](=O)[O-]. The molecule has 0 N–H and O–H groups in total. The van der Waals surface area contributed by atoms with Gasteiger partial charge in [-0.3, -0.25) is 0 Å². The number of hydrogen-bond acceptors (Lipinski definition) is 7. The van der Waals surface area contributed by atoms with Gasteiger partial charge in [-0.05, 0) is 0 Å². The van der Waals surface area contributed by atoms with Gasteiger partial charge < -0.3 is 20.2 Å². The third kappa shape index (κ3) is 3.95. The van der Waals surface area contributed by atoms with Gasteiger partial charge in [0, 0.05) is 0 Å². The highest BCUT2D eigenvalue weighted by Gasteiger charge is 2.45. The molecule has 0 aromatic carbocycles. The summed E-state index contributed by atoms with van der Waals surface area (Å²) in [6.07, 6.45) is 0. The third-order valence-electron chi connectivity index (χ3n) is 0.658. The fourth-order valence-corrected chi connectivity index (χ4v) is 0.291. The summed E-state index contributed by atoms with van der Waals surface area (Å²) < 4.78 is 0. The molecule has 0 aromatic heterocycles. The topological polar surface area (TPSA) is 200 Å². The maximum Gasteiger partial charge on any atom is 0.491 e. The van der Waals surface area contributed by atoms with Crippen LogP contribution in [0.15, 0.2) is 10.4 Å². The Labute approximate surface area is 78.4 Å². The minimum Gasteiger partial charge on any atom is -0.319 e. The highest BCUT2D eigenvalue weighted by atomic mass is 17.0. The molecular weight excluding hydrogens is 220 g/mol. The molecule has 0 aliphatic carbocycles. The first kappa shape index (κ1) is 12.0. The van der Waals surface area contributed by atoms with Crippen molar-refractivity contribution >= 4 is 0 Å². The summed E-state index contributed by atoms with van der Waals surface area (Å²) in [4.78, 5) is 27.6. The fourth-order valence-electron chi connectivity index (χ4n) is 0.291. The van der Waals surface area contributed by atoms with Crippen LogP contribution in [0, 0.1) is 20.2 Å². The van der Waals surface area contributed by atoms with Crippen molar-refractivity contribution in [3.05, 3.63) is 41.1 Å². The molecule has 0 atom stereocenters. The van der Waals surface area contributed by atoms with Gasteiger partial charge in [0.1, 0.15) is 0 Å². The van der Waals surface area contributed by atoms with Crippen molar-refractivity contribution in [1.82, 2.24) is 10.6 Å². The van der Waals surface area contributed by atoms with E-state index in [0.717, 1.165) is 0 Å². The molecular formula is N10O5. The van der Waals surface area contributed by atoms with E-state index in [1.54, 1.807) is 0 Å². The van der Waals surface area contributed by atoms with E-state index in [2.05, 4.69) is 15.4 Å². The van der Waals surface area contributed by atoms with Crippen LogP contribution in [0.1, 0.15) is 0 Å². The van der Waals surface area contributed by atoms with Gasteiger partial charge in [0.05, 0.1) is 9.82 Å². The lowest BCUT2D eigenvalue weighted by Gasteiger charge is -1.91. The summed E-state index contributed by atoms with van der Waals surface area (Å²) in [6, 6.07) is 0. The Balaban J connectivity index is 4.75. The monoisotopic (exact) mass is 220 g/mol. The van der Waals surface area contributed by atoms with E-state index < -0.39 is 20.6 Å². The molecule has 0 rings (SSSR count). The Hall–Kier alpha value is -3.02. The van der Waals surface area contributed by atoms with E-state index in [1.807, 2.05) is 9.82 Å². The van der Waals surface area contributed by atoms with Crippen LogP contribution in [0.3, 0.4) is 0 Å². The van der Waals surface area contributed by atoms with Crippen molar-refractivity contribution in [2.75, 3.05) is 0 Å². The first-order valence-electron chi connectivity index (χ1n) is 2.70. The Morgan fingerprint density at radius 1 is 1.07 bits per heavy atom. The van der Waals surface area contributed by atoms with Gasteiger partial charge >= 0.3 is 21.0 Å². The molecule has 0 aliphatic heterocycles. The molecule has 0 fully saturated rings. The molecule has 0 radical (unpaired) electrons. The van der Waals surface area contributed by atoms with Gasteiger partial charge in [-0.1, -0.05) is 11.1 Å². The van der Waals surface area contributed by atoms with Gasteiger partial charge in [-0.2, -0.15) is 0 Å². The second kappa shape index (κ2) is 5.60. The predicted octanol–water partition coefficient (Wildman–Crippen LogP) is 0.271. The molecule has 0 aromatic rings. The van der Waals surface area contributed by atoms with Gasteiger partial charge in [-0.15, -0.1) is 0 Å². The molecule has 15 heteroatoms. The molecule has 0 spiro atoms. The van der Waals surface area contributed by atoms with Crippen LogP contribution in [0.25, 0.3) is 20.9 Å². The summed E-state index contributed by atoms with van der Waals surface area (Å²) in [5.74, 6) is 0. The minimum atomic E-state index is -1.43. The van der Waals surface area contributed by atoms with Gasteiger partial charge in [0.25, 0.3) is 0 Å². The lowest BCUT2D eigenvalue weighted by molar-refractivity contribution is -0.845. The Morgan fingerprint density at radius 2 is 1.40 bits per heavy atom. The standard InChI is InChI=1S/N10O5/c1-3-5-7(9(11)12)15-8(6-4-2)10(13)14. The summed E-state index contributed by atoms with van der Waals surface area (Å²) in [7, 11) is 0. The molecule has 0 unspecified atom stereocenters. The van der Waals surface area contributed by atoms with Crippen molar-refractivity contribution < 1.29 is 15.0 Å². The molecule has 15 nitrogen and oxygen atoms in total. The number of nitrogens with zero attached hydrogens (tertiary/aromatic N) is 10. The van der Waals surface area contributed by atoms with E-state index in [-0.39, 0.29) is 0 Å². The van der Waals surface area contributed by atoms with Crippen LogP contribution in [0.5, 0.6) is 0 Å². The molecule has 15 heavy (non-hydrogen) atoms. The average Bonchev–Trinajstić information content (AvgIpc) is 2.15. The molecule has 0 aliphatic rings. The van der Waals surface area contributed by atoms with E-state index in [4.69, 9.17) is 11.1 Å². The van der Waals surface area contributed by atoms with Crippen molar-refractivity contribution in [3.63, 3.8) is 0 Å². The molecule has 0 bridgehead atoms. The van der Waals surface area contributed by atoms with Crippen LogP contribution in [-0.4, -0.2) is 20.6 Å². The summed E-state index contributed by atoms with van der Waals surface area (Å²) >= 11 is 0. The van der Waals surface area contributed by atoms with Crippen LogP contribution >= 0.6 is 0 Å². The molecule has 0 amide bonds. The van der Waals surface area contributed by atoms with Crippen LogP contribution in [0.2, 0.25) is 0 Å². The van der Waals surface area contributed by atoms with E-state index >= 15 is 0 Å². The first-order chi connectivity index (χ1) is 7.02. The zero-order chi connectivity index (χ0) is 11.8. The highest BCUT2D eigenvalue weighted by molar-refractivity contribution is 4.32. The predicted molar refractivity (Wildman–Crippen MR) is 37.0 cm³/mol. The Bertz CT molecular complexity index is 307. The normalized spacial score (nSPS) is 8.00. The van der Waals surface area contributed by atoms with E-state index in [0.29, 0.717) is 0 Å². The lowest BCUT2D eigenvalue weighted by Crippen LogP contribution is -2.35. The van der Waals surface area contributed by atoms with Gasteiger partial charge in [0.15, 0.2) is 15.0 Å². The number of nitro groups is 2. The number of rotatable bonds is 6. The van der Waals surface area contributed by atoms with Gasteiger partial charge in [0.2, 0.25) is 0 Å². The number of hydrogen-bond donors (Lipinski definition) is 0. The van der Waals surface area contributed by atoms with Crippen molar-refractivity contribution in [2.24, 2.45) is 10.4 Å².